The molecule has 1 aromatic carbocycles. The molecule has 5 nitrogen and oxygen atoms in total. The van der Waals surface area contributed by atoms with Crippen LogP contribution in [0.4, 0.5) is 0 Å². The van der Waals surface area contributed by atoms with Crippen molar-refractivity contribution in [2.75, 3.05) is 0 Å². The van der Waals surface area contributed by atoms with Crippen molar-refractivity contribution >= 4 is 0 Å². The summed E-state index contributed by atoms with van der Waals surface area (Å²) in [6.07, 6.45) is 2.21. The molecular formula is C14H13NO4. The summed E-state index contributed by atoms with van der Waals surface area (Å²) in [5.41, 5.74) is 1.26. The molecule has 0 saturated carbocycles. The normalized spacial score (nSPS) is 21.5. The Morgan fingerprint density at radius 3 is 2.84 bits per heavy atom. The van der Waals surface area contributed by atoms with Crippen molar-refractivity contribution in [3.05, 3.63) is 47.8 Å². The number of hydrogen-bond acceptors (Lipinski definition) is 5. The molecule has 0 aliphatic carbocycles. The van der Waals surface area contributed by atoms with E-state index in [1.165, 1.54) is 12.1 Å². The van der Waals surface area contributed by atoms with Crippen molar-refractivity contribution in [3.63, 3.8) is 0 Å². The minimum Gasteiger partial charge on any atom is -0.508 e. The number of aliphatic hydroxyl groups is 1. The number of aromatic hydroxyl groups is 2. The van der Waals surface area contributed by atoms with Crippen LogP contribution in [-0.4, -0.2) is 26.4 Å². The highest BCUT2D eigenvalue weighted by Gasteiger charge is 2.31. The molecule has 1 aromatic heterocycles. The molecule has 0 fully saturated rings. The Bertz CT molecular complexity index is 600. The molecule has 2 heterocycles. The molecule has 19 heavy (non-hydrogen) atoms. The minimum absolute atomic E-state index is 0.0707. The Hall–Kier alpha value is -2.27. The van der Waals surface area contributed by atoms with Gasteiger partial charge < -0.3 is 20.1 Å². The van der Waals surface area contributed by atoms with Crippen LogP contribution in [0.1, 0.15) is 17.2 Å². The molecule has 1 aliphatic rings. The smallest absolute Gasteiger partial charge is 0.151 e. The van der Waals surface area contributed by atoms with Gasteiger partial charge in [0.1, 0.15) is 17.2 Å². The van der Waals surface area contributed by atoms with Gasteiger partial charge in [-0.05, 0) is 6.07 Å². The van der Waals surface area contributed by atoms with Gasteiger partial charge in [-0.2, -0.15) is 0 Å². The van der Waals surface area contributed by atoms with Crippen molar-refractivity contribution in [1.29, 1.82) is 0 Å². The van der Waals surface area contributed by atoms with Gasteiger partial charge in [0, 0.05) is 42.1 Å². The number of rotatable bonds is 1. The van der Waals surface area contributed by atoms with Gasteiger partial charge in [-0.25, -0.2) is 0 Å². The maximum Gasteiger partial charge on any atom is 0.151 e. The van der Waals surface area contributed by atoms with Crippen LogP contribution < -0.4 is 4.74 Å². The van der Waals surface area contributed by atoms with E-state index in [9.17, 15) is 15.3 Å². The molecule has 0 amide bonds. The maximum absolute atomic E-state index is 10.1. The van der Waals surface area contributed by atoms with Gasteiger partial charge in [0.2, 0.25) is 0 Å². The van der Waals surface area contributed by atoms with Crippen LogP contribution >= 0.6 is 0 Å². The molecule has 0 bridgehead atoms. The number of ether oxygens (including phenoxy) is 1. The Labute approximate surface area is 109 Å². The number of benzene rings is 1. The van der Waals surface area contributed by atoms with E-state index in [0.29, 0.717) is 11.3 Å². The highest BCUT2D eigenvalue weighted by molar-refractivity contribution is 5.51. The third kappa shape index (κ3) is 2.08. The monoisotopic (exact) mass is 259 g/mol. The molecule has 1 aliphatic heterocycles. The number of nitrogens with zero attached hydrogens (tertiary/aromatic N) is 1. The molecule has 2 aromatic rings. The second kappa shape index (κ2) is 4.44. The molecule has 2 atom stereocenters. The Morgan fingerprint density at radius 1 is 1.26 bits per heavy atom. The van der Waals surface area contributed by atoms with Gasteiger partial charge in [-0.15, -0.1) is 0 Å². The van der Waals surface area contributed by atoms with Gasteiger partial charge >= 0.3 is 0 Å². The lowest BCUT2D eigenvalue weighted by atomic mass is 9.95. The van der Waals surface area contributed by atoms with Crippen molar-refractivity contribution < 1.29 is 20.1 Å². The van der Waals surface area contributed by atoms with Gasteiger partial charge in [0.15, 0.2) is 6.10 Å². The molecule has 3 rings (SSSR count). The second-order valence-electron chi connectivity index (χ2n) is 4.54. The number of aliphatic hydroxyl groups excluding tert-OH is 1. The molecule has 3 N–H and O–H groups in total. The second-order valence-corrected chi connectivity index (χ2v) is 4.54. The fourth-order valence-corrected chi connectivity index (χ4v) is 2.29. The summed E-state index contributed by atoms with van der Waals surface area (Å²) >= 11 is 0. The predicted molar refractivity (Wildman–Crippen MR) is 67.1 cm³/mol. The first kappa shape index (κ1) is 11.8. The predicted octanol–water partition coefficient (Wildman–Crippen LogP) is 1.53. The van der Waals surface area contributed by atoms with Crippen LogP contribution in [0, 0.1) is 0 Å². The fourth-order valence-electron chi connectivity index (χ4n) is 2.29. The van der Waals surface area contributed by atoms with Crippen molar-refractivity contribution in [2.24, 2.45) is 0 Å². The molecule has 0 spiro atoms. The summed E-state index contributed by atoms with van der Waals surface area (Å²) in [7, 11) is 0. The molecular weight excluding hydrogens is 246 g/mol. The number of fused-ring (bicyclic) bond motifs is 1. The number of aromatic nitrogens is 1. The summed E-state index contributed by atoms with van der Waals surface area (Å²) in [5, 5.41) is 29.4. The topological polar surface area (TPSA) is 82.8 Å². The van der Waals surface area contributed by atoms with Crippen LogP contribution in [0.15, 0.2) is 36.7 Å². The van der Waals surface area contributed by atoms with Gasteiger partial charge in [-0.1, -0.05) is 6.07 Å². The number of pyridine rings is 1. The van der Waals surface area contributed by atoms with Crippen molar-refractivity contribution in [2.45, 2.75) is 18.6 Å². The van der Waals surface area contributed by atoms with Gasteiger partial charge in [0.25, 0.3) is 0 Å². The zero-order chi connectivity index (χ0) is 13.4. The molecule has 2 unspecified atom stereocenters. The summed E-state index contributed by atoms with van der Waals surface area (Å²) in [4.78, 5) is 4.00. The van der Waals surface area contributed by atoms with Crippen LogP contribution in [0.5, 0.6) is 17.2 Å². The van der Waals surface area contributed by atoms with E-state index in [2.05, 4.69) is 4.98 Å². The third-order valence-corrected chi connectivity index (χ3v) is 3.20. The van der Waals surface area contributed by atoms with E-state index < -0.39 is 12.2 Å². The quantitative estimate of drug-likeness (QED) is 0.723. The molecule has 0 saturated heterocycles. The van der Waals surface area contributed by atoms with E-state index in [1.807, 2.05) is 6.07 Å². The van der Waals surface area contributed by atoms with Crippen LogP contribution in [0.2, 0.25) is 0 Å². The zero-order valence-electron chi connectivity index (χ0n) is 10.0. The zero-order valence-corrected chi connectivity index (χ0v) is 10.0. The van der Waals surface area contributed by atoms with E-state index in [4.69, 9.17) is 4.74 Å². The minimum atomic E-state index is -0.771. The SMILES string of the molecule is Oc1cc(O)c2c(c1)OC(c1cccnc1)C(O)C2. The lowest BCUT2D eigenvalue weighted by molar-refractivity contribution is 0.0196. The molecule has 0 radical (unpaired) electrons. The third-order valence-electron chi connectivity index (χ3n) is 3.20. The summed E-state index contributed by atoms with van der Waals surface area (Å²) < 4.78 is 5.68. The average molecular weight is 259 g/mol. The number of hydrogen-bond donors (Lipinski definition) is 3. The lowest BCUT2D eigenvalue weighted by Gasteiger charge is -2.31. The van der Waals surface area contributed by atoms with E-state index >= 15 is 0 Å². The first-order valence-electron chi connectivity index (χ1n) is 5.94. The van der Waals surface area contributed by atoms with Crippen LogP contribution in [-0.2, 0) is 6.42 Å². The standard InChI is InChI=1S/C14H13NO4/c16-9-4-11(17)10-6-12(18)14(19-13(10)5-9)8-2-1-3-15-7-8/h1-5,7,12,14,16-18H,6H2. The van der Waals surface area contributed by atoms with E-state index in [-0.39, 0.29) is 17.9 Å². The Morgan fingerprint density at radius 2 is 2.11 bits per heavy atom. The summed E-state index contributed by atoms with van der Waals surface area (Å²) in [6, 6.07) is 6.25. The Balaban J connectivity index is 2.00. The van der Waals surface area contributed by atoms with Gasteiger partial charge in [-0.3, -0.25) is 4.98 Å². The fraction of sp³-hybridized carbons (Fsp3) is 0.214. The van der Waals surface area contributed by atoms with Crippen molar-refractivity contribution in [3.8, 4) is 17.2 Å². The average Bonchev–Trinajstić information content (AvgIpc) is 2.40. The summed E-state index contributed by atoms with van der Waals surface area (Å²) in [6.45, 7) is 0. The highest BCUT2D eigenvalue weighted by Crippen LogP contribution is 2.41. The van der Waals surface area contributed by atoms with E-state index in [0.717, 1.165) is 5.56 Å². The summed E-state index contributed by atoms with van der Waals surface area (Å²) in [5.74, 6) is 0.243. The highest BCUT2D eigenvalue weighted by atomic mass is 16.5. The van der Waals surface area contributed by atoms with Crippen LogP contribution in [0.3, 0.4) is 0 Å². The Kier molecular flexibility index (Phi) is 2.76. The van der Waals surface area contributed by atoms with E-state index in [1.54, 1.807) is 18.5 Å². The first-order chi connectivity index (χ1) is 9.15. The number of phenolic OH excluding ortho intramolecular Hbond substituents is 2. The largest absolute Gasteiger partial charge is 0.508 e. The van der Waals surface area contributed by atoms with Crippen molar-refractivity contribution in [1.82, 2.24) is 4.98 Å². The lowest BCUT2D eigenvalue weighted by Crippen LogP contribution is -2.30. The van der Waals surface area contributed by atoms with Gasteiger partial charge in [0.05, 0.1) is 6.10 Å². The number of phenols is 2. The first-order valence-corrected chi connectivity index (χ1v) is 5.94. The molecule has 5 heteroatoms. The molecule has 98 valence electrons. The maximum atomic E-state index is 10.1. The van der Waals surface area contributed by atoms with Crippen LogP contribution in [0.25, 0.3) is 0 Å².